The third-order valence-electron chi connectivity index (χ3n) is 4.03. The topological polar surface area (TPSA) is 42.0 Å². The Morgan fingerprint density at radius 3 is 2.52 bits per heavy atom. The number of nitrogens with one attached hydrogen (secondary N) is 1. The Labute approximate surface area is 160 Å². The van der Waals surface area contributed by atoms with Crippen LogP contribution in [-0.4, -0.2) is 10.9 Å². The maximum atomic E-state index is 12.6. The van der Waals surface area contributed by atoms with E-state index in [9.17, 15) is 4.79 Å². The van der Waals surface area contributed by atoms with E-state index >= 15 is 0 Å². The second-order valence-electron chi connectivity index (χ2n) is 5.90. The number of nitrogens with zero attached hydrogens (tertiary/aromatic N) is 1. The van der Waals surface area contributed by atoms with Crippen molar-refractivity contribution in [3.05, 3.63) is 68.6 Å². The molecule has 0 saturated heterocycles. The van der Waals surface area contributed by atoms with Crippen molar-refractivity contribution in [1.82, 2.24) is 4.98 Å². The van der Waals surface area contributed by atoms with E-state index in [-0.39, 0.29) is 5.91 Å². The molecule has 3 rings (SSSR count). The number of amides is 1. The number of carbonyl (C=O) groups excluding carboxylic acids is 1. The highest BCUT2D eigenvalue weighted by atomic mass is 79.9. The Kier molecular flexibility index (Phi) is 5.35. The van der Waals surface area contributed by atoms with Gasteiger partial charge in [-0.05, 0) is 49.6 Å². The zero-order valence-corrected chi connectivity index (χ0v) is 16.8. The first-order valence-corrected chi connectivity index (χ1v) is 9.73. The van der Waals surface area contributed by atoms with Gasteiger partial charge in [-0.3, -0.25) is 4.79 Å². The minimum atomic E-state index is -0.117. The molecular weight excluding hydrogens is 396 g/mol. The maximum absolute atomic E-state index is 12.6. The molecule has 128 valence electrons. The van der Waals surface area contributed by atoms with Crippen molar-refractivity contribution in [2.24, 2.45) is 0 Å². The normalized spacial score (nSPS) is 10.7. The zero-order valence-electron chi connectivity index (χ0n) is 14.4. The van der Waals surface area contributed by atoms with Crippen molar-refractivity contribution in [3.8, 4) is 10.6 Å². The summed E-state index contributed by atoms with van der Waals surface area (Å²) in [5.41, 5.74) is 4.96. The van der Waals surface area contributed by atoms with Crippen molar-refractivity contribution in [2.45, 2.75) is 27.2 Å². The molecule has 0 fully saturated rings. The number of rotatable bonds is 4. The van der Waals surface area contributed by atoms with Crippen LogP contribution in [0.15, 0.2) is 46.9 Å². The van der Waals surface area contributed by atoms with Gasteiger partial charge in [-0.25, -0.2) is 4.98 Å². The summed E-state index contributed by atoms with van der Waals surface area (Å²) in [5, 5.41) is 3.83. The van der Waals surface area contributed by atoms with Crippen molar-refractivity contribution in [3.63, 3.8) is 0 Å². The molecule has 0 aliphatic rings. The average Bonchev–Trinajstić information content (AvgIpc) is 3.00. The monoisotopic (exact) mass is 414 g/mol. The highest BCUT2D eigenvalue weighted by molar-refractivity contribution is 9.10. The fourth-order valence-electron chi connectivity index (χ4n) is 2.52. The van der Waals surface area contributed by atoms with Gasteiger partial charge in [-0.15, -0.1) is 11.3 Å². The predicted octanol–water partition coefficient (Wildman–Crippen LogP) is 6.00. The van der Waals surface area contributed by atoms with E-state index in [1.54, 1.807) is 0 Å². The molecule has 1 amide bonds. The van der Waals surface area contributed by atoms with Crippen molar-refractivity contribution < 1.29 is 4.79 Å². The van der Waals surface area contributed by atoms with Crippen LogP contribution in [0.1, 0.15) is 33.4 Å². The SMILES string of the molecule is CCc1ccc(-c2nc(C)c(C(=O)Nc3ccc(Br)c(C)c3)s2)cc1. The quantitative estimate of drug-likeness (QED) is 0.568. The summed E-state index contributed by atoms with van der Waals surface area (Å²) in [5.74, 6) is -0.117. The third-order valence-corrected chi connectivity index (χ3v) is 6.12. The van der Waals surface area contributed by atoms with E-state index < -0.39 is 0 Å². The molecule has 0 atom stereocenters. The lowest BCUT2D eigenvalue weighted by molar-refractivity contribution is 0.103. The maximum Gasteiger partial charge on any atom is 0.267 e. The summed E-state index contributed by atoms with van der Waals surface area (Å²) < 4.78 is 1.03. The van der Waals surface area contributed by atoms with Gasteiger partial charge in [0.05, 0.1) is 5.69 Å². The molecule has 1 N–H and O–H groups in total. The Balaban J connectivity index is 1.83. The second-order valence-corrected chi connectivity index (χ2v) is 7.76. The fraction of sp³-hybridized carbons (Fsp3) is 0.200. The van der Waals surface area contributed by atoms with Gasteiger partial charge >= 0.3 is 0 Å². The van der Waals surface area contributed by atoms with E-state index in [2.05, 4.69) is 57.4 Å². The Morgan fingerprint density at radius 1 is 1.16 bits per heavy atom. The zero-order chi connectivity index (χ0) is 18.0. The van der Waals surface area contributed by atoms with Gasteiger partial charge in [-0.2, -0.15) is 0 Å². The Morgan fingerprint density at radius 2 is 1.88 bits per heavy atom. The number of thiazole rings is 1. The number of benzene rings is 2. The molecule has 0 spiro atoms. The number of hydrogen-bond acceptors (Lipinski definition) is 3. The van der Waals surface area contributed by atoms with E-state index in [1.807, 2.05) is 32.0 Å². The standard InChI is InChI=1S/C20H19BrN2OS/c1-4-14-5-7-15(8-6-14)20-22-13(3)18(25-20)19(24)23-16-9-10-17(21)12(2)11-16/h5-11H,4H2,1-3H3,(H,23,24). The highest BCUT2D eigenvalue weighted by Crippen LogP contribution is 2.29. The van der Waals surface area contributed by atoms with Crippen LogP contribution >= 0.6 is 27.3 Å². The Bertz CT molecular complexity index is 916. The number of aryl methyl sites for hydroxylation is 3. The lowest BCUT2D eigenvalue weighted by atomic mass is 10.1. The van der Waals surface area contributed by atoms with Gasteiger partial charge in [0, 0.05) is 15.7 Å². The molecule has 3 aromatic rings. The number of carbonyl (C=O) groups is 1. The smallest absolute Gasteiger partial charge is 0.267 e. The molecule has 2 aromatic carbocycles. The minimum absolute atomic E-state index is 0.117. The highest BCUT2D eigenvalue weighted by Gasteiger charge is 2.16. The van der Waals surface area contributed by atoms with Gasteiger partial charge in [0.1, 0.15) is 9.88 Å². The summed E-state index contributed by atoms with van der Waals surface area (Å²) in [6.45, 7) is 6.01. The number of aromatic nitrogens is 1. The molecule has 3 nitrogen and oxygen atoms in total. The van der Waals surface area contributed by atoms with Crippen molar-refractivity contribution >= 4 is 38.9 Å². The molecule has 5 heteroatoms. The van der Waals surface area contributed by atoms with E-state index in [0.717, 1.165) is 38.4 Å². The molecule has 25 heavy (non-hydrogen) atoms. The third kappa shape index (κ3) is 3.99. The first-order chi connectivity index (χ1) is 12.0. The first kappa shape index (κ1) is 17.8. The molecule has 1 heterocycles. The fourth-order valence-corrected chi connectivity index (χ4v) is 3.74. The van der Waals surface area contributed by atoms with Gasteiger partial charge in [0.25, 0.3) is 5.91 Å². The van der Waals surface area contributed by atoms with E-state index in [4.69, 9.17) is 0 Å². The van der Waals surface area contributed by atoms with Crippen LogP contribution in [-0.2, 0) is 6.42 Å². The summed E-state index contributed by atoms with van der Waals surface area (Å²) in [6, 6.07) is 14.1. The lowest BCUT2D eigenvalue weighted by Crippen LogP contribution is -2.11. The van der Waals surface area contributed by atoms with Crippen LogP contribution in [0.2, 0.25) is 0 Å². The number of anilines is 1. The van der Waals surface area contributed by atoms with Gasteiger partial charge < -0.3 is 5.32 Å². The van der Waals surface area contributed by atoms with Crippen molar-refractivity contribution in [1.29, 1.82) is 0 Å². The first-order valence-electron chi connectivity index (χ1n) is 8.12. The molecule has 0 saturated carbocycles. The summed E-state index contributed by atoms with van der Waals surface area (Å²) in [6.07, 6.45) is 1.01. The van der Waals surface area contributed by atoms with Gasteiger partial charge in [-0.1, -0.05) is 47.1 Å². The van der Waals surface area contributed by atoms with E-state index in [0.29, 0.717) is 4.88 Å². The van der Waals surface area contributed by atoms with Crippen LogP contribution in [0.25, 0.3) is 10.6 Å². The van der Waals surface area contributed by atoms with Crippen LogP contribution in [0.4, 0.5) is 5.69 Å². The van der Waals surface area contributed by atoms with Crippen molar-refractivity contribution in [2.75, 3.05) is 5.32 Å². The van der Waals surface area contributed by atoms with Gasteiger partial charge in [0.2, 0.25) is 0 Å². The number of hydrogen-bond donors (Lipinski definition) is 1. The van der Waals surface area contributed by atoms with E-state index in [1.165, 1.54) is 16.9 Å². The summed E-state index contributed by atoms with van der Waals surface area (Å²) in [7, 11) is 0. The van der Waals surface area contributed by atoms with Gasteiger partial charge in [0.15, 0.2) is 0 Å². The molecule has 1 aromatic heterocycles. The van der Waals surface area contributed by atoms with Crippen LogP contribution < -0.4 is 5.32 Å². The summed E-state index contributed by atoms with van der Waals surface area (Å²) in [4.78, 5) is 17.9. The molecular formula is C20H19BrN2OS. The average molecular weight is 415 g/mol. The van der Waals surface area contributed by atoms with Crippen LogP contribution in [0.5, 0.6) is 0 Å². The number of halogens is 1. The summed E-state index contributed by atoms with van der Waals surface area (Å²) >= 11 is 4.90. The predicted molar refractivity (Wildman–Crippen MR) is 108 cm³/mol. The molecule has 0 unspecified atom stereocenters. The minimum Gasteiger partial charge on any atom is -0.321 e. The molecule has 0 bridgehead atoms. The molecule has 0 radical (unpaired) electrons. The second kappa shape index (κ2) is 7.50. The lowest BCUT2D eigenvalue weighted by Gasteiger charge is -2.06. The van der Waals surface area contributed by atoms with Crippen LogP contribution in [0, 0.1) is 13.8 Å². The Hall–Kier alpha value is -1.98. The molecule has 0 aliphatic heterocycles. The van der Waals surface area contributed by atoms with Crippen LogP contribution in [0.3, 0.4) is 0 Å². The molecule has 0 aliphatic carbocycles. The largest absolute Gasteiger partial charge is 0.321 e.